The second kappa shape index (κ2) is 9.81. The molecule has 1 aliphatic rings. The number of piperazine rings is 1. The summed E-state index contributed by atoms with van der Waals surface area (Å²) in [5.41, 5.74) is 7.03. The predicted molar refractivity (Wildman–Crippen MR) is 100 cm³/mol. The van der Waals surface area contributed by atoms with Crippen LogP contribution in [0.15, 0.2) is 18.3 Å². The van der Waals surface area contributed by atoms with Gasteiger partial charge in [0.15, 0.2) is 0 Å². The first-order valence-electron chi connectivity index (χ1n) is 8.43. The van der Waals surface area contributed by atoms with Crippen molar-refractivity contribution in [3.63, 3.8) is 0 Å². The fraction of sp³-hybridized carbons (Fsp3) is 0.647. The van der Waals surface area contributed by atoms with Gasteiger partial charge in [-0.1, -0.05) is 26.3 Å². The van der Waals surface area contributed by atoms with Gasteiger partial charge in [0.05, 0.1) is 6.04 Å². The highest BCUT2D eigenvalue weighted by atomic mass is 35.5. The van der Waals surface area contributed by atoms with Crippen LogP contribution < -0.4 is 16.0 Å². The molecular weight excluding hydrogens is 326 g/mol. The van der Waals surface area contributed by atoms with Crippen molar-refractivity contribution in [2.75, 3.05) is 38.1 Å². The number of nitrogens with two attached hydrogens (primary N) is 1. The first kappa shape index (κ1) is 20.7. The third-order valence-electron chi connectivity index (χ3n) is 4.68. The van der Waals surface area contributed by atoms with Gasteiger partial charge in [0, 0.05) is 44.5 Å². The van der Waals surface area contributed by atoms with Crippen molar-refractivity contribution in [3.05, 3.63) is 23.9 Å². The van der Waals surface area contributed by atoms with Crippen molar-refractivity contribution in [1.29, 1.82) is 0 Å². The zero-order valence-corrected chi connectivity index (χ0v) is 15.7. The Bertz CT molecular complexity index is 519. The number of rotatable bonds is 6. The van der Waals surface area contributed by atoms with Gasteiger partial charge >= 0.3 is 0 Å². The normalized spacial score (nSPS) is 17.8. The molecule has 1 aromatic heterocycles. The van der Waals surface area contributed by atoms with E-state index in [9.17, 15) is 4.79 Å². The van der Waals surface area contributed by atoms with Crippen LogP contribution in [-0.4, -0.2) is 55.1 Å². The van der Waals surface area contributed by atoms with E-state index in [4.69, 9.17) is 5.73 Å². The Labute approximate surface area is 151 Å². The molecule has 2 heterocycles. The number of hydrogen-bond donors (Lipinski definition) is 2. The first-order valence-corrected chi connectivity index (χ1v) is 8.43. The smallest absolute Gasteiger partial charge is 0.237 e. The van der Waals surface area contributed by atoms with E-state index in [2.05, 4.69) is 27.1 Å². The van der Waals surface area contributed by atoms with Crippen molar-refractivity contribution in [1.82, 2.24) is 15.2 Å². The summed E-state index contributed by atoms with van der Waals surface area (Å²) in [6, 6.07) is 3.48. The molecule has 1 amide bonds. The van der Waals surface area contributed by atoms with Gasteiger partial charge in [-0.2, -0.15) is 0 Å². The number of amides is 1. The van der Waals surface area contributed by atoms with Gasteiger partial charge in [-0.3, -0.25) is 4.79 Å². The van der Waals surface area contributed by atoms with Gasteiger partial charge in [0.1, 0.15) is 5.82 Å². The minimum Gasteiger partial charge on any atom is -0.354 e. The van der Waals surface area contributed by atoms with Crippen LogP contribution in [-0.2, 0) is 11.3 Å². The Kier molecular flexibility index (Phi) is 8.45. The number of anilines is 1. The van der Waals surface area contributed by atoms with Crippen molar-refractivity contribution in [3.8, 4) is 0 Å². The lowest BCUT2D eigenvalue weighted by molar-refractivity contribution is -0.123. The number of nitrogens with one attached hydrogen (secondary N) is 1. The van der Waals surface area contributed by atoms with Crippen molar-refractivity contribution >= 4 is 24.1 Å². The molecule has 1 saturated heterocycles. The summed E-state index contributed by atoms with van der Waals surface area (Å²) in [4.78, 5) is 21.3. The van der Waals surface area contributed by atoms with Gasteiger partial charge in [-0.15, -0.1) is 12.4 Å². The molecule has 0 bridgehead atoms. The average Bonchev–Trinajstić information content (AvgIpc) is 2.59. The quantitative estimate of drug-likeness (QED) is 0.803. The maximum atomic E-state index is 12.2. The minimum atomic E-state index is -0.455. The monoisotopic (exact) mass is 355 g/mol. The van der Waals surface area contributed by atoms with E-state index >= 15 is 0 Å². The Morgan fingerprint density at radius 1 is 1.38 bits per heavy atom. The highest BCUT2D eigenvalue weighted by molar-refractivity contribution is 5.85. The fourth-order valence-corrected chi connectivity index (χ4v) is 2.68. The van der Waals surface area contributed by atoms with Gasteiger partial charge in [0.2, 0.25) is 5.91 Å². The lowest BCUT2D eigenvalue weighted by Crippen LogP contribution is -2.46. The highest BCUT2D eigenvalue weighted by Gasteiger charge is 2.21. The van der Waals surface area contributed by atoms with Gasteiger partial charge < -0.3 is 20.9 Å². The lowest BCUT2D eigenvalue weighted by Gasteiger charge is -2.34. The summed E-state index contributed by atoms with van der Waals surface area (Å²) in [6.45, 7) is 8.50. The Morgan fingerprint density at radius 2 is 2.04 bits per heavy atom. The third-order valence-corrected chi connectivity index (χ3v) is 4.68. The molecule has 7 heteroatoms. The third kappa shape index (κ3) is 5.33. The van der Waals surface area contributed by atoms with E-state index in [0.29, 0.717) is 6.54 Å². The van der Waals surface area contributed by atoms with E-state index in [0.717, 1.165) is 44.0 Å². The number of pyridine rings is 1. The molecule has 2 rings (SSSR count). The lowest BCUT2D eigenvalue weighted by atomic mass is 9.99. The van der Waals surface area contributed by atoms with E-state index in [-0.39, 0.29) is 24.2 Å². The molecular formula is C17H30ClN5O. The molecule has 24 heavy (non-hydrogen) atoms. The molecule has 136 valence electrons. The van der Waals surface area contributed by atoms with Crippen molar-refractivity contribution in [2.24, 2.45) is 11.7 Å². The maximum absolute atomic E-state index is 12.2. The number of aromatic nitrogens is 1. The van der Waals surface area contributed by atoms with Crippen LogP contribution in [0.5, 0.6) is 0 Å². The number of halogens is 1. The highest BCUT2D eigenvalue weighted by Crippen LogP contribution is 2.18. The molecule has 6 nitrogen and oxygen atoms in total. The SMILES string of the molecule is CCC(C)C(N)C(=O)NCc1cccnc1N1CCN(C)CC1.Cl. The van der Waals surface area contributed by atoms with Crippen molar-refractivity contribution in [2.45, 2.75) is 32.9 Å². The van der Waals surface area contributed by atoms with Crippen LogP contribution in [0.2, 0.25) is 0 Å². The molecule has 0 saturated carbocycles. The average molecular weight is 356 g/mol. The number of hydrogen-bond acceptors (Lipinski definition) is 5. The number of carbonyl (C=O) groups is 1. The standard InChI is InChI=1S/C17H29N5O.ClH/c1-4-13(2)15(18)17(23)20-12-14-6-5-7-19-16(14)22-10-8-21(3)9-11-22;/h5-7,13,15H,4,8-12,18H2,1-3H3,(H,20,23);1H. The van der Waals surface area contributed by atoms with Crippen LogP contribution in [0.3, 0.4) is 0 Å². The molecule has 1 fully saturated rings. The summed E-state index contributed by atoms with van der Waals surface area (Å²) >= 11 is 0. The number of nitrogens with zero attached hydrogens (tertiary/aromatic N) is 3. The second-order valence-electron chi connectivity index (χ2n) is 6.41. The molecule has 0 aromatic carbocycles. The summed E-state index contributed by atoms with van der Waals surface area (Å²) in [6.07, 6.45) is 2.71. The molecule has 1 aliphatic heterocycles. The molecule has 2 atom stereocenters. The van der Waals surface area contributed by atoms with Crippen LogP contribution in [0.4, 0.5) is 5.82 Å². The van der Waals surface area contributed by atoms with E-state index < -0.39 is 6.04 Å². The zero-order valence-electron chi connectivity index (χ0n) is 14.9. The van der Waals surface area contributed by atoms with E-state index in [1.807, 2.05) is 32.2 Å². The van der Waals surface area contributed by atoms with Crippen molar-refractivity contribution < 1.29 is 4.79 Å². The molecule has 0 spiro atoms. The molecule has 0 radical (unpaired) electrons. The van der Waals surface area contributed by atoms with Crippen LogP contribution in [0.25, 0.3) is 0 Å². The van der Waals surface area contributed by atoms with E-state index in [1.165, 1.54) is 0 Å². The summed E-state index contributed by atoms with van der Waals surface area (Å²) < 4.78 is 0. The number of likely N-dealkylation sites (N-methyl/N-ethyl adjacent to an activating group) is 1. The summed E-state index contributed by atoms with van der Waals surface area (Å²) in [7, 11) is 2.13. The minimum absolute atomic E-state index is 0. The molecule has 0 aliphatic carbocycles. The Balaban J connectivity index is 0.00000288. The summed E-state index contributed by atoms with van der Waals surface area (Å²) in [5, 5.41) is 2.96. The van der Waals surface area contributed by atoms with Crippen LogP contribution >= 0.6 is 12.4 Å². The predicted octanol–water partition coefficient (Wildman–Crippen LogP) is 1.24. The largest absolute Gasteiger partial charge is 0.354 e. The Morgan fingerprint density at radius 3 is 2.67 bits per heavy atom. The van der Waals surface area contributed by atoms with Gasteiger partial charge in [-0.05, 0) is 19.0 Å². The molecule has 2 unspecified atom stereocenters. The van der Waals surface area contributed by atoms with Gasteiger partial charge in [0.25, 0.3) is 0 Å². The summed E-state index contributed by atoms with van der Waals surface area (Å²) in [5.74, 6) is 1.06. The second-order valence-corrected chi connectivity index (χ2v) is 6.41. The molecule has 3 N–H and O–H groups in total. The van der Waals surface area contributed by atoms with Crippen LogP contribution in [0.1, 0.15) is 25.8 Å². The van der Waals surface area contributed by atoms with Gasteiger partial charge in [-0.25, -0.2) is 4.98 Å². The zero-order chi connectivity index (χ0) is 16.8. The first-order chi connectivity index (χ1) is 11.0. The molecule has 1 aromatic rings. The van der Waals surface area contributed by atoms with E-state index in [1.54, 1.807) is 0 Å². The maximum Gasteiger partial charge on any atom is 0.237 e. The fourth-order valence-electron chi connectivity index (χ4n) is 2.68. The number of carbonyl (C=O) groups excluding carboxylic acids is 1. The van der Waals surface area contributed by atoms with Crippen LogP contribution in [0, 0.1) is 5.92 Å². The Hall–Kier alpha value is -1.37. The topological polar surface area (TPSA) is 74.5 Å².